The summed E-state index contributed by atoms with van der Waals surface area (Å²) in [5, 5.41) is 4.33. The van der Waals surface area contributed by atoms with E-state index in [1.807, 2.05) is 24.3 Å². The van der Waals surface area contributed by atoms with Gasteiger partial charge in [0.1, 0.15) is 11.5 Å². The zero-order valence-corrected chi connectivity index (χ0v) is 20.4. The predicted octanol–water partition coefficient (Wildman–Crippen LogP) is 5.98. The fraction of sp³-hybridized carbons (Fsp3) is 0.231. The van der Waals surface area contributed by atoms with Crippen LogP contribution < -0.4 is 19.5 Å². The summed E-state index contributed by atoms with van der Waals surface area (Å²) in [5.74, 6) is 1.35. The second-order valence-corrected chi connectivity index (χ2v) is 10.6. The number of methoxy groups -OCH3 is 2. The second kappa shape index (κ2) is 8.89. The van der Waals surface area contributed by atoms with E-state index >= 15 is 0 Å². The summed E-state index contributed by atoms with van der Waals surface area (Å²) in [6.07, 6.45) is 5.26. The van der Waals surface area contributed by atoms with Gasteiger partial charge in [-0.2, -0.15) is 0 Å². The third-order valence-corrected chi connectivity index (χ3v) is 8.10. The molecule has 0 radical (unpaired) electrons. The average molecular weight is 497 g/mol. The lowest BCUT2D eigenvalue weighted by Gasteiger charge is -2.37. The van der Waals surface area contributed by atoms with Crippen LogP contribution in [-0.4, -0.2) is 22.6 Å². The van der Waals surface area contributed by atoms with Gasteiger partial charge in [0.25, 0.3) is 10.0 Å². The van der Waals surface area contributed by atoms with Crippen molar-refractivity contribution in [2.75, 3.05) is 24.3 Å². The molecule has 0 saturated carbocycles. The minimum Gasteiger partial charge on any atom is -0.497 e. The maximum Gasteiger partial charge on any atom is 0.262 e. The van der Waals surface area contributed by atoms with Gasteiger partial charge in [0.05, 0.1) is 30.8 Å². The molecule has 0 bridgehead atoms. The van der Waals surface area contributed by atoms with Crippen molar-refractivity contribution < 1.29 is 17.9 Å². The summed E-state index contributed by atoms with van der Waals surface area (Å²) in [6, 6.07) is 18.2. The van der Waals surface area contributed by atoms with Gasteiger partial charge >= 0.3 is 0 Å². The largest absolute Gasteiger partial charge is 0.497 e. The van der Waals surface area contributed by atoms with Gasteiger partial charge in [0.2, 0.25) is 0 Å². The molecule has 1 aliphatic heterocycles. The van der Waals surface area contributed by atoms with E-state index in [2.05, 4.69) is 28.3 Å². The van der Waals surface area contributed by atoms with E-state index in [-0.39, 0.29) is 22.8 Å². The maximum atomic E-state index is 13.3. The Hall–Kier alpha value is -3.16. The van der Waals surface area contributed by atoms with Crippen LogP contribution in [0.15, 0.2) is 77.7 Å². The number of halogens is 1. The molecule has 5 rings (SSSR count). The standard InChI is InChI=1S/C26H25ClN2O4S/c1-32-18-9-11-24(25(14-18)33-2)29-34(30,31)19-10-12-23-22(15-19)20-7-4-8-21(20)26(28-23)16-5-3-6-17(27)13-16/h3-7,9-15,20-21,26,28-29H,8H2,1-2H3/t20-,21+,26+/m0/s1. The Bertz CT molecular complexity index is 1370. The quantitative estimate of drug-likeness (QED) is 0.410. The highest BCUT2D eigenvalue weighted by Crippen LogP contribution is 2.50. The highest BCUT2D eigenvalue weighted by molar-refractivity contribution is 7.92. The number of benzene rings is 3. The van der Waals surface area contributed by atoms with E-state index in [1.54, 1.807) is 37.4 Å². The van der Waals surface area contributed by atoms with Crippen molar-refractivity contribution in [2.24, 2.45) is 5.92 Å². The van der Waals surface area contributed by atoms with Gasteiger partial charge in [0.15, 0.2) is 0 Å². The molecule has 8 heteroatoms. The van der Waals surface area contributed by atoms with E-state index < -0.39 is 10.0 Å². The molecule has 0 saturated heterocycles. The number of ether oxygens (including phenoxy) is 2. The van der Waals surface area contributed by atoms with Crippen molar-refractivity contribution >= 4 is 33.0 Å². The van der Waals surface area contributed by atoms with Crippen LogP contribution in [0.1, 0.15) is 29.5 Å². The number of hydrogen-bond donors (Lipinski definition) is 2. The summed E-state index contributed by atoms with van der Waals surface area (Å²) >= 11 is 6.25. The first kappa shape index (κ1) is 22.6. The molecule has 0 aromatic heterocycles. The molecule has 3 aromatic carbocycles. The second-order valence-electron chi connectivity index (χ2n) is 8.45. The molecular weight excluding hydrogens is 472 g/mol. The summed E-state index contributed by atoms with van der Waals surface area (Å²) in [7, 11) is -0.810. The van der Waals surface area contributed by atoms with Crippen LogP contribution in [0.2, 0.25) is 5.02 Å². The molecule has 2 N–H and O–H groups in total. The van der Waals surface area contributed by atoms with Gasteiger partial charge in [-0.3, -0.25) is 4.72 Å². The van der Waals surface area contributed by atoms with Crippen molar-refractivity contribution in [3.05, 3.63) is 89.0 Å². The van der Waals surface area contributed by atoms with Crippen molar-refractivity contribution in [3.8, 4) is 11.5 Å². The third-order valence-electron chi connectivity index (χ3n) is 6.51. The third kappa shape index (κ3) is 4.10. The monoisotopic (exact) mass is 496 g/mol. The number of fused-ring (bicyclic) bond motifs is 3. The number of nitrogens with one attached hydrogen (secondary N) is 2. The number of sulfonamides is 1. The van der Waals surface area contributed by atoms with E-state index in [1.165, 1.54) is 7.11 Å². The van der Waals surface area contributed by atoms with E-state index in [4.69, 9.17) is 21.1 Å². The maximum absolute atomic E-state index is 13.3. The van der Waals surface area contributed by atoms with Crippen LogP contribution in [-0.2, 0) is 10.0 Å². The van der Waals surface area contributed by atoms with Gasteiger partial charge < -0.3 is 14.8 Å². The first-order valence-corrected chi connectivity index (χ1v) is 12.8. The first-order chi connectivity index (χ1) is 16.4. The van der Waals surface area contributed by atoms with E-state index in [0.717, 1.165) is 23.2 Å². The Balaban J connectivity index is 1.48. The van der Waals surface area contributed by atoms with Crippen LogP contribution >= 0.6 is 11.6 Å². The fourth-order valence-electron chi connectivity index (χ4n) is 4.86. The molecule has 34 heavy (non-hydrogen) atoms. The Labute approximate surface area is 204 Å². The summed E-state index contributed by atoms with van der Waals surface area (Å²) in [4.78, 5) is 0.200. The molecular formula is C26H25ClN2O4S. The van der Waals surface area contributed by atoms with E-state index in [0.29, 0.717) is 22.2 Å². The molecule has 1 aliphatic carbocycles. The molecule has 2 aliphatic rings. The minimum atomic E-state index is -3.84. The summed E-state index contributed by atoms with van der Waals surface area (Å²) in [6.45, 7) is 0. The normalized spacial score (nSPS) is 20.7. The van der Waals surface area contributed by atoms with Crippen molar-refractivity contribution in [3.63, 3.8) is 0 Å². The van der Waals surface area contributed by atoms with Gasteiger partial charge in [-0.25, -0.2) is 8.42 Å². The Kier molecular flexibility index (Phi) is 5.91. The number of hydrogen-bond acceptors (Lipinski definition) is 5. The lowest BCUT2D eigenvalue weighted by molar-refractivity contribution is 0.395. The molecule has 0 unspecified atom stereocenters. The highest BCUT2D eigenvalue weighted by atomic mass is 35.5. The van der Waals surface area contributed by atoms with Crippen LogP contribution in [0.25, 0.3) is 0 Å². The lowest BCUT2D eigenvalue weighted by atomic mass is 9.77. The average Bonchev–Trinajstić information content (AvgIpc) is 3.33. The molecule has 1 heterocycles. The van der Waals surface area contributed by atoms with E-state index in [9.17, 15) is 8.42 Å². The molecule has 3 atom stereocenters. The molecule has 0 fully saturated rings. The molecule has 176 valence electrons. The van der Waals surface area contributed by atoms with Crippen molar-refractivity contribution in [1.82, 2.24) is 0 Å². The van der Waals surface area contributed by atoms with Crippen LogP contribution in [0.5, 0.6) is 11.5 Å². The molecule has 6 nitrogen and oxygen atoms in total. The van der Waals surface area contributed by atoms with Gasteiger partial charge in [-0.15, -0.1) is 0 Å². The number of anilines is 2. The smallest absolute Gasteiger partial charge is 0.262 e. The van der Waals surface area contributed by atoms with Crippen LogP contribution in [0.4, 0.5) is 11.4 Å². The van der Waals surface area contributed by atoms with Crippen LogP contribution in [0.3, 0.4) is 0 Å². The van der Waals surface area contributed by atoms with Gasteiger partial charge in [0, 0.05) is 22.7 Å². The minimum absolute atomic E-state index is 0.0929. The molecule has 0 spiro atoms. The zero-order chi connectivity index (χ0) is 23.9. The fourth-order valence-corrected chi connectivity index (χ4v) is 6.16. The SMILES string of the molecule is COc1ccc(NS(=O)(=O)c2ccc3c(c2)[C@H]2C=CC[C@H]2[C@@H](c2cccc(Cl)c2)N3)c(OC)c1. The number of allylic oxidation sites excluding steroid dienone is 2. The summed E-state index contributed by atoms with van der Waals surface area (Å²) in [5.41, 5.74) is 3.38. The zero-order valence-electron chi connectivity index (χ0n) is 18.8. The summed E-state index contributed by atoms with van der Waals surface area (Å²) < 4.78 is 39.7. The highest BCUT2D eigenvalue weighted by Gasteiger charge is 2.38. The number of rotatable bonds is 6. The lowest BCUT2D eigenvalue weighted by Crippen LogP contribution is -2.29. The Morgan fingerprint density at radius 1 is 1.03 bits per heavy atom. The van der Waals surface area contributed by atoms with Crippen molar-refractivity contribution in [1.29, 1.82) is 0 Å². The van der Waals surface area contributed by atoms with Crippen LogP contribution in [0, 0.1) is 5.92 Å². The molecule has 3 aromatic rings. The van der Waals surface area contributed by atoms with Crippen molar-refractivity contribution in [2.45, 2.75) is 23.3 Å². The first-order valence-electron chi connectivity index (χ1n) is 11.0. The molecule has 0 amide bonds. The topological polar surface area (TPSA) is 76.7 Å². The predicted molar refractivity (Wildman–Crippen MR) is 135 cm³/mol. The van der Waals surface area contributed by atoms with Gasteiger partial charge in [-0.05, 0) is 65.9 Å². The Morgan fingerprint density at radius 3 is 2.65 bits per heavy atom. The Morgan fingerprint density at radius 2 is 1.88 bits per heavy atom. The van der Waals surface area contributed by atoms with Gasteiger partial charge in [-0.1, -0.05) is 35.9 Å².